The van der Waals surface area contributed by atoms with Gasteiger partial charge >= 0.3 is 6.36 Å². The molecule has 0 fully saturated rings. The second-order valence-corrected chi connectivity index (χ2v) is 7.12. The Bertz CT molecular complexity index is 1200. The van der Waals surface area contributed by atoms with Gasteiger partial charge in [-0.2, -0.15) is 0 Å². The molecule has 0 unspecified atom stereocenters. The fraction of sp³-hybridized carbons (Fsp3) is 0.286. The third-order valence-corrected chi connectivity index (χ3v) is 4.94. The molecule has 1 aromatic carbocycles. The fourth-order valence-electron chi connectivity index (χ4n) is 3.47. The third-order valence-electron chi connectivity index (χ3n) is 4.94. The maximum absolute atomic E-state index is 12.8. The summed E-state index contributed by atoms with van der Waals surface area (Å²) in [6, 6.07) is 8.57. The van der Waals surface area contributed by atoms with Crippen LogP contribution in [0.25, 0.3) is 5.69 Å². The van der Waals surface area contributed by atoms with Gasteiger partial charge < -0.3 is 23.5 Å². The van der Waals surface area contributed by atoms with E-state index in [9.17, 15) is 22.8 Å². The SMILES string of the molecule is Cc1cn(-c2ccc3n(c2=O)CCN(CCOc2ccccc2OC(F)(F)F)C3=O)cn1. The van der Waals surface area contributed by atoms with Crippen LogP contribution in [0.4, 0.5) is 13.2 Å². The van der Waals surface area contributed by atoms with Crippen molar-refractivity contribution in [1.82, 2.24) is 19.0 Å². The molecule has 0 N–H and O–H groups in total. The molecule has 3 aromatic rings. The van der Waals surface area contributed by atoms with Gasteiger partial charge in [-0.25, -0.2) is 4.98 Å². The summed E-state index contributed by atoms with van der Waals surface area (Å²) in [4.78, 5) is 31.3. The molecule has 0 radical (unpaired) electrons. The Kier molecular flexibility index (Phi) is 5.64. The first-order chi connectivity index (χ1) is 15.2. The van der Waals surface area contributed by atoms with Crippen molar-refractivity contribution in [2.24, 2.45) is 0 Å². The van der Waals surface area contributed by atoms with Crippen LogP contribution in [-0.4, -0.2) is 51.0 Å². The first kappa shape index (κ1) is 21.5. The Labute approximate surface area is 180 Å². The van der Waals surface area contributed by atoms with Crippen LogP contribution in [0.2, 0.25) is 0 Å². The summed E-state index contributed by atoms with van der Waals surface area (Å²) in [7, 11) is 0. The van der Waals surface area contributed by atoms with Gasteiger partial charge in [0.1, 0.15) is 18.0 Å². The highest BCUT2D eigenvalue weighted by atomic mass is 19.4. The van der Waals surface area contributed by atoms with Crippen molar-refractivity contribution in [2.75, 3.05) is 19.7 Å². The molecular weight excluding hydrogens is 429 g/mol. The molecule has 4 rings (SSSR count). The monoisotopic (exact) mass is 448 g/mol. The molecule has 32 heavy (non-hydrogen) atoms. The van der Waals surface area contributed by atoms with Crippen molar-refractivity contribution < 1.29 is 27.4 Å². The molecule has 0 aliphatic carbocycles. The zero-order chi connectivity index (χ0) is 22.9. The van der Waals surface area contributed by atoms with Gasteiger partial charge in [0, 0.05) is 19.3 Å². The molecule has 0 spiro atoms. The zero-order valence-corrected chi connectivity index (χ0v) is 17.0. The summed E-state index contributed by atoms with van der Waals surface area (Å²) in [6.07, 6.45) is -1.58. The highest BCUT2D eigenvalue weighted by Gasteiger charge is 2.32. The predicted octanol–water partition coefficient (Wildman–Crippen LogP) is 2.78. The van der Waals surface area contributed by atoms with Crippen LogP contribution in [0, 0.1) is 6.92 Å². The number of amides is 1. The van der Waals surface area contributed by atoms with E-state index in [1.807, 2.05) is 6.92 Å². The van der Waals surface area contributed by atoms with E-state index in [2.05, 4.69) is 9.72 Å². The van der Waals surface area contributed by atoms with Gasteiger partial charge in [-0.1, -0.05) is 12.1 Å². The highest BCUT2D eigenvalue weighted by molar-refractivity contribution is 5.93. The summed E-state index contributed by atoms with van der Waals surface area (Å²) in [6.45, 7) is 2.46. The number of hydrogen-bond donors (Lipinski definition) is 0. The number of pyridine rings is 1. The Morgan fingerprint density at radius 3 is 2.50 bits per heavy atom. The van der Waals surface area contributed by atoms with Crippen LogP contribution < -0.4 is 15.0 Å². The highest BCUT2D eigenvalue weighted by Crippen LogP contribution is 2.31. The molecule has 2 aromatic heterocycles. The number of rotatable bonds is 6. The van der Waals surface area contributed by atoms with E-state index >= 15 is 0 Å². The van der Waals surface area contributed by atoms with Crippen LogP contribution in [0.15, 0.2) is 53.7 Å². The minimum atomic E-state index is -4.84. The van der Waals surface area contributed by atoms with E-state index < -0.39 is 12.1 Å². The minimum Gasteiger partial charge on any atom is -0.488 e. The molecule has 3 heterocycles. The summed E-state index contributed by atoms with van der Waals surface area (Å²) in [5.74, 6) is -0.888. The number of nitrogens with zero attached hydrogens (tertiary/aromatic N) is 4. The lowest BCUT2D eigenvalue weighted by molar-refractivity contribution is -0.275. The smallest absolute Gasteiger partial charge is 0.488 e. The lowest BCUT2D eigenvalue weighted by Crippen LogP contribution is -2.46. The van der Waals surface area contributed by atoms with Crippen molar-refractivity contribution >= 4 is 5.91 Å². The van der Waals surface area contributed by atoms with Crippen molar-refractivity contribution in [2.45, 2.75) is 19.8 Å². The maximum atomic E-state index is 12.8. The molecule has 1 amide bonds. The van der Waals surface area contributed by atoms with Crippen molar-refractivity contribution in [1.29, 1.82) is 0 Å². The number of ether oxygens (including phenoxy) is 2. The van der Waals surface area contributed by atoms with E-state index in [1.54, 1.807) is 22.9 Å². The van der Waals surface area contributed by atoms with Gasteiger partial charge in [-0.05, 0) is 31.2 Å². The predicted molar refractivity (Wildman–Crippen MR) is 107 cm³/mol. The number of aryl methyl sites for hydroxylation is 1. The summed E-state index contributed by atoms with van der Waals surface area (Å²) >= 11 is 0. The summed E-state index contributed by atoms with van der Waals surface area (Å²) < 4.78 is 50.0. The second kappa shape index (κ2) is 8.40. The Balaban J connectivity index is 1.44. The Morgan fingerprint density at radius 2 is 1.81 bits per heavy atom. The van der Waals surface area contributed by atoms with E-state index in [-0.39, 0.29) is 49.2 Å². The van der Waals surface area contributed by atoms with Gasteiger partial charge in [0.25, 0.3) is 11.5 Å². The molecule has 11 heteroatoms. The van der Waals surface area contributed by atoms with Crippen molar-refractivity contribution in [3.05, 3.63) is 70.7 Å². The number of para-hydroxylation sites is 2. The number of benzene rings is 1. The second-order valence-electron chi connectivity index (χ2n) is 7.12. The fourth-order valence-corrected chi connectivity index (χ4v) is 3.47. The maximum Gasteiger partial charge on any atom is 0.573 e. The number of fused-ring (bicyclic) bond motifs is 1. The van der Waals surface area contributed by atoms with Crippen LogP contribution in [0.3, 0.4) is 0 Å². The van der Waals surface area contributed by atoms with Crippen LogP contribution in [0.5, 0.6) is 11.5 Å². The topological polar surface area (TPSA) is 78.6 Å². The largest absolute Gasteiger partial charge is 0.573 e. The number of halogens is 3. The average molecular weight is 448 g/mol. The Morgan fingerprint density at radius 1 is 1.06 bits per heavy atom. The molecular formula is C21H19F3N4O4. The van der Waals surface area contributed by atoms with Gasteiger partial charge in [0.05, 0.1) is 18.6 Å². The summed E-state index contributed by atoms with van der Waals surface area (Å²) in [5.41, 5.74) is 1.09. The standard InChI is InChI=1S/C21H19F3N4O4/c1-14-12-27(13-25-14)15-6-7-16-19(29)26(8-9-28(16)20(15)30)10-11-31-17-4-2-3-5-18(17)32-21(22,23)24/h2-7,12-13H,8-11H2,1H3. The number of imidazole rings is 1. The normalized spacial score (nSPS) is 13.8. The van der Waals surface area contributed by atoms with Crippen molar-refractivity contribution in [3.63, 3.8) is 0 Å². The van der Waals surface area contributed by atoms with Crippen LogP contribution in [-0.2, 0) is 6.54 Å². The molecule has 0 saturated heterocycles. The first-order valence-corrected chi connectivity index (χ1v) is 9.74. The molecule has 0 bridgehead atoms. The minimum absolute atomic E-state index is 0.0411. The third kappa shape index (κ3) is 4.46. The van der Waals surface area contributed by atoms with E-state index in [0.29, 0.717) is 5.69 Å². The molecule has 1 aliphatic rings. The average Bonchev–Trinajstić information content (AvgIpc) is 3.16. The zero-order valence-electron chi connectivity index (χ0n) is 17.0. The number of alkyl halides is 3. The van der Waals surface area contributed by atoms with Crippen molar-refractivity contribution in [3.8, 4) is 17.2 Å². The van der Waals surface area contributed by atoms with Gasteiger partial charge in [-0.3, -0.25) is 9.59 Å². The van der Waals surface area contributed by atoms with Gasteiger partial charge in [0.2, 0.25) is 0 Å². The number of aromatic nitrogens is 3. The van der Waals surface area contributed by atoms with Gasteiger partial charge in [0.15, 0.2) is 11.5 Å². The Hall–Kier alpha value is -3.76. The number of hydrogen-bond acceptors (Lipinski definition) is 5. The van der Waals surface area contributed by atoms with E-state index in [4.69, 9.17) is 4.74 Å². The van der Waals surface area contributed by atoms with E-state index in [0.717, 1.165) is 11.8 Å². The van der Waals surface area contributed by atoms with Gasteiger partial charge in [-0.15, -0.1) is 13.2 Å². The lowest BCUT2D eigenvalue weighted by Gasteiger charge is -2.29. The molecule has 0 atom stereocenters. The number of carbonyl (C=O) groups is 1. The first-order valence-electron chi connectivity index (χ1n) is 9.74. The molecule has 1 aliphatic heterocycles. The number of carbonyl (C=O) groups excluding carboxylic acids is 1. The molecule has 0 saturated carbocycles. The quantitative estimate of drug-likeness (QED) is 0.580. The molecule has 8 nitrogen and oxygen atoms in total. The van der Waals surface area contributed by atoms with Crippen LogP contribution in [0.1, 0.15) is 16.2 Å². The molecule has 168 valence electrons. The lowest BCUT2D eigenvalue weighted by atomic mass is 10.2. The van der Waals surface area contributed by atoms with Crippen LogP contribution >= 0.6 is 0 Å². The summed E-state index contributed by atoms with van der Waals surface area (Å²) in [5, 5.41) is 0. The van der Waals surface area contributed by atoms with E-state index in [1.165, 1.54) is 34.0 Å².